The van der Waals surface area contributed by atoms with Crippen LogP contribution in [0.5, 0.6) is 5.75 Å². The Morgan fingerprint density at radius 2 is 1.95 bits per heavy atom. The van der Waals surface area contributed by atoms with Crippen LogP contribution in [0.2, 0.25) is 0 Å². The largest absolute Gasteiger partial charge is 0.492 e. The minimum Gasteiger partial charge on any atom is -0.492 e. The van der Waals surface area contributed by atoms with E-state index in [-0.39, 0.29) is 23.6 Å². The number of ether oxygens (including phenoxy) is 1. The van der Waals surface area contributed by atoms with Crippen LogP contribution in [0.3, 0.4) is 0 Å². The average molecular weight is 563 g/mol. The highest BCUT2D eigenvalue weighted by Crippen LogP contribution is 2.35. The summed E-state index contributed by atoms with van der Waals surface area (Å²) < 4.78 is 13.3. The minimum atomic E-state index is -0.418. The quantitative estimate of drug-likeness (QED) is 0.507. The van der Waals surface area contributed by atoms with Crippen molar-refractivity contribution in [3.63, 3.8) is 0 Å². The zero-order chi connectivity index (χ0) is 28.9. The molecule has 218 valence electrons. The van der Waals surface area contributed by atoms with E-state index in [9.17, 15) is 14.4 Å². The lowest BCUT2D eigenvalue weighted by molar-refractivity contribution is -0.131. The summed E-state index contributed by atoms with van der Waals surface area (Å²) in [6.07, 6.45) is 5.46. The van der Waals surface area contributed by atoms with Crippen molar-refractivity contribution >= 4 is 17.7 Å². The van der Waals surface area contributed by atoms with Gasteiger partial charge in [0.2, 0.25) is 11.8 Å². The molecule has 2 atom stereocenters. The second-order valence-electron chi connectivity index (χ2n) is 10.7. The fourth-order valence-corrected chi connectivity index (χ4v) is 5.83. The Balaban J connectivity index is 1.30. The van der Waals surface area contributed by atoms with Crippen molar-refractivity contribution in [2.45, 2.75) is 52.5 Å². The molecule has 0 spiro atoms. The molecule has 1 N–H and O–H groups in total. The second-order valence-corrected chi connectivity index (χ2v) is 10.7. The van der Waals surface area contributed by atoms with Crippen LogP contribution in [0.1, 0.15) is 58.9 Å². The first-order valence-electron chi connectivity index (χ1n) is 14.4. The van der Waals surface area contributed by atoms with E-state index in [1.54, 1.807) is 24.9 Å². The van der Waals surface area contributed by atoms with Gasteiger partial charge in [-0.25, -0.2) is 4.98 Å². The van der Waals surface area contributed by atoms with Crippen molar-refractivity contribution in [3.8, 4) is 5.75 Å². The lowest BCUT2D eigenvalue weighted by atomic mass is 9.88. The number of imidazole rings is 1. The number of rotatable bonds is 5. The Kier molecular flexibility index (Phi) is 8.70. The summed E-state index contributed by atoms with van der Waals surface area (Å²) in [5.41, 5.74) is 1.94. The Morgan fingerprint density at radius 3 is 2.73 bits per heavy atom. The molecule has 2 aliphatic rings. The van der Waals surface area contributed by atoms with Crippen molar-refractivity contribution in [1.29, 1.82) is 0 Å². The zero-order valence-corrected chi connectivity index (χ0v) is 24.0. The number of nitrogens with one attached hydrogen (secondary N) is 1. The van der Waals surface area contributed by atoms with Gasteiger partial charge in [-0.2, -0.15) is 0 Å². The van der Waals surface area contributed by atoms with Crippen molar-refractivity contribution < 1.29 is 23.6 Å². The van der Waals surface area contributed by atoms with Crippen molar-refractivity contribution in [3.05, 3.63) is 65.1 Å². The van der Waals surface area contributed by atoms with E-state index < -0.39 is 5.92 Å². The predicted octanol–water partition coefficient (Wildman–Crippen LogP) is 2.72. The van der Waals surface area contributed by atoms with Crippen LogP contribution in [0.4, 0.5) is 0 Å². The van der Waals surface area contributed by atoms with Gasteiger partial charge in [-0.1, -0.05) is 24.2 Å². The van der Waals surface area contributed by atoms with Crippen LogP contribution in [0, 0.1) is 19.8 Å². The third-order valence-corrected chi connectivity index (χ3v) is 8.05. The van der Waals surface area contributed by atoms with E-state index in [2.05, 4.69) is 15.5 Å². The molecule has 2 aromatic heterocycles. The molecule has 4 heterocycles. The number of hydrogen-bond acceptors (Lipinski definition) is 7. The zero-order valence-electron chi connectivity index (χ0n) is 24.0. The van der Waals surface area contributed by atoms with Gasteiger partial charge in [-0.3, -0.25) is 14.4 Å². The summed E-state index contributed by atoms with van der Waals surface area (Å²) in [7, 11) is 0. The molecule has 2 aliphatic heterocycles. The van der Waals surface area contributed by atoms with Gasteiger partial charge in [0, 0.05) is 63.9 Å². The highest BCUT2D eigenvalue weighted by molar-refractivity contribution is 5.97. The molecule has 41 heavy (non-hydrogen) atoms. The monoisotopic (exact) mass is 562 g/mol. The molecule has 1 fully saturated rings. The summed E-state index contributed by atoms with van der Waals surface area (Å²) in [6.45, 7) is 8.55. The van der Waals surface area contributed by atoms with Gasteiger partial charge in [-0.05, 0) is 38.0 Å². The summed E-state index contributed by atoms with van der Waals surface area (Å²) in [5, 5.41) is 7.00. The molecule has 1 aromatic carbocycles. The standard InChI is InChI=1S/C30H38N6O5/c1-4-26-31-11-14-34(26)13-9-27(37)35-12-6-10-32-29(38)25-19-36(30(39)28-20(2)33-41-21(28)3)18-24(25)22-7-5-8-23(17-22)40-16-15-35/h5,7-8,11,14,17,24-25H,4,6,9-10,12-13,15-16,18-19H2,1-3H3,(H,32,38)/t24-,25+/m1/s1. The van der Waals surface area contributed by atoms with Crippen molar-refractivity contribution in [2.75, 3.05) is 39.3 Å². The van der Waals surface area contributed by atoms with E-state index >= 15 is 0 Å². The molecule has 0 aliphatic carbocycles. The van der Waals surface area contributed by atoms with E-state index in [1.165, 1.54) is 0 Å². The molecular formula is C30H38N6O5. The SMILES string of the molecule is CCc1nccn1CCC(=O)N1CCCNC(=O)[C@H]2CN(C(=O)c3c(C)noc3C)C[C@@H]2c2cccc(c2)OCC1. The number of hydrogen-bond donors (Lipinski definition) is 1. The lowest BCUT2D eigenvalue weighted by Gasteiger charge is -2.25. The first-order valence-corrected chi connectivity index (χ1v) is 14.4. The summed E-state index contributed by atoms with van der Waals surface area (Å²) in [5.74, 6) is 1.27. The average Bonchev–Trinajstić information content (AvgIpc) is 3.70. The Bertz CT molecular complexity index is 1380. The van der Waals surface area contributed by atoms with Gasteiger partial charge in [0.15, 0.2) is 0 Å². The maximum Gasteiger partial charge on any atom is 0.259 e. The molecule has 11 nitrogen and oxygen atoms in total. The fraction of sp³-hybridized carbons (Fsp3) is 0.500. The molecule has 0 saturated carbocycles. The molecule has 5 rings (SSSR count). The van der Waals surface area contributed by atoms with E-state index in [0.29, 0.717) is 81.5 Å². The first kappa shape index (κ1) is 28.4. The number of nitrogens with zero attached hydrogens (tertiary/aromatic N) is 5. The molecule has 1 saturated heterocycles. The van der Waals surface area contributed by atoms with Crippen LogP contribution in [0.15, 0.2) is 41.2 Å². The number of benzene rings is 1. The smallest absolute Gasteiger partial charge is 0.259 e. The van der Waals surface area contributed by atoms with Gasteiger partial charge < -0.3 is 28.9 Å². The van der Waals surface area contributed by atoms with Gasteiger partial charge >= 0.3 is 0 Å². The Labute approximate surface area is 239 Å². The number of aryl methyl sites for hydroxylation is 4. The number of amides is 3. The molecule has 3 amide bonds. The van der Waals surface area contributed by atoms with Gasteiger partial charge in [0.1, 0.15) is 29.5 Å². The molecule has 3 aromatic rings. The Hall–Kier alpha value is -4.15. The summed E-state index contributed by atoms with van der Waals surface area (Å²) >= 11 is 0. The molecule has 2 bridgehead atoms. The maximum atomic E-state index is 13.5. The number of fused-ring (bicyclic) bond motifs is 4. The topological polar surface area (TPSA) is 123 Å². The van der Waals surface area contributed by atoms with Crippen LogP contribution >= 0.6 is 0 Å². The van der Waals surface area contributed by atoms with Crippen LogP contribution in [-0.2, 0) is 22.6 Å². The van der Waals surface area contributed by atoms with Crippen molar-refractivity contribution in [2.24, 2.45) is 5.92 Å². The molecule has 0 radical (unpaired) electrons. The maximum absolute atomic E-state index is 13.5. The van der Waals surface area contributed by atoms with Crippen LogP contribution in [0.25, 0.3) is 0 Å². The molecule has 0 unspecified atom stereocenters. The van der Waals surface area contributed by atoms with Gasteiger partial charge in [-0.15, -0.1) is 0 Å². The third-order valence-electron chi connectivity index (χ3n) is 8.05. The molecular weight excluding hydrogens is 524 g/mol. The van der Waals surface area contributed by atoms with E-state index in [1.807, 2.05) is 46.9 Å². The summed E-state index contributed by atoms with van der Waals surface area (Å²) in [6, 6.07) is 7.70. The highest BCUT2D eigenvalue weighted by Gasteiger charge is 2.41. The van der Waals surface area contributed by atoms with Gasteiger partial charge in [0.05, 0.1) is 18.2 Å². The number of carbonyl (C=O) groups excluding carboxylic acids is 3. The lowest BCUT2D eigenvalue weighted by Crippen LogP contribution is -2.39. The highest BCUT2D eigenvalue weighted by atomic mass is 16.5. The Morgan fingerprint density at radius 1 is 1.12 bits per heavy atom. The number of aromatic nitrogens is 3. The summed E-state index contributed by atoms with van der Waals surface area (Å²) in [4.78, 5) is 47.9. The van der Waals surface area contributed by atoms with Crippen molar-refractivity contribution in [1.82, 2.24) is 29.8 Å². The number of carbonyl (C=O) groups is 3. The normalized spacial score (nSPS) is 19.7. The fourth-order valence-electron chi connectivity index (χ4n) is 5.83. The van der Waals surface area contributed by atoms with Crippen LogP contribution < -0.4 is 10.1 Å². The minimum absolute atomic E-state index is 0.0425. The molecule has 11 heteroatoms. The van der Waals surface area contributed by atoms with E-state index in [0.717, 1.165) is 17.8 Å². The van der Waals surface area contributed by atoms with Crippen LogP contribution in [-0.4, -0.2) is 81.6 Å². The first-order chi connectivity index (χ1) is 19.9. The van der Waals surface area contributed by atoms with Gasteiger partial charge in [0.25, 0.3) is 5.91 Å². The third kappa shape index (κ3) is 6.28. The predicted molar refractivity (Wildman–Crippen MR) is 150 cm³/mol. The number of likely N-dealkylation sites (tertiary alicyclic amines) is 1. The second kappa shape index (κ2) is 12.6. The van der Waals surface area contributed by atoms with E-state index in [4.69, 9.17) is 9.26 Å².